The third-order valence-corrected chi connectivity index (χ3v) is 3.85. The van der Waals surface area contributed by atoms with Gasteiger partial charge in [0.05, 0.1) is 12.7 Å². The summed E-state index contributed by atoms with van der Waals surface area (Å²) >= 11 is 0. The number of ether oxygens (including phenoxy) is 1. The van der Waals surface area contributed by atoms with Crippen molar-refractivity contribution >= 4 is 23.0 Å². The van der Waals surface area contributed by atoms with Crippen LogP contribution in [0.15, 0.2) is 36.4 Å². The summed E-state index contributed by atoms with van der Waals surface area (Å²) in [5, 5.41) is 3.32. The van der Waals surface area contributed by atoms with Gasteiger partial charge in [0.2, 0.25) is 0 Å². The third-order valence-electron chi connectivity index (χ3n) is 3.85. The molecule has 4 nitrogen and oxygen atoms in total. The summed E-state index contributed by atoms with van der Waals surface area (Å²) < 4.78 is 4.74. The first-order chi connectivity index (χ1) is 10.2. The van der Waals surface area contributed by atoms with E-state index in [9.17, 15) is 4.79 Å². The number of nitrogens with two attached hydrogens (primary N) is 1. The number of benzene rings is 2. The van der Waals surface area contributed by atoms with Gasteiger partial charge in [0.15, 0.2) is 0 Å². The molecule has 2 aromatic carbocycles. The van der Waals surface area contributed by atoms with Gasteiger partial charge in [0.1, 0.15) is 0 Å². The second-order valence-corrected chi connectivity index (χ2v) is 5.26. The Bertz CT molecular complexity index is 695. The summed E-state index contributed by atoms with van der Waals surface area (Å²) in [6, 6.07) is 11.7. The van der Waals surface area contributed by atoms with Gasteiger partial charge in [-0.1, -0.05) is 6.07 Å². The Morgan fingerprint density at radius 2 is 1.81 bits per heavy atom. The fraction of sp³-hybridized carbons (Fsp3) is 0.235. The summed E-state index contributed by atoms with van der Waals surface area (Å²) in [7, 11) is 1.35. The molecule has 2 aromatic rings. The zero-order valence-electron chi connectivity index (χ0n) is 12.0. The van der Waals surface area contributed by atoms with Gasteiger partial charge in [0, 0.05) is 17.1 Å². The van der Waals surface area contributed by atoms with E-state index in [-0.39, 0.29) is 0 Å². The normalized spacial score (nSPS) is 12.8. The number of aryl methyl sites for hydroxylation is 2. The van der Waals surface area contributed by atoms with Gasteiger partial charge in [-0.25, -0.2) is 4.79 Å². The fourth-order valence-corrected chi connectivity index (χ4v) is 2.74. The van der Waals surface area contributed by atoms with Crippen molar-refractivity contribution in [2.24, 2.45) is 0 Å². The fourth-order valence-electron chi connectivity index (χ4n) is 2.74. The molecule has 0 fully saturated rings. The first-order valence-electron chi connectivity index (χ1n) is 7.04. The Hall–Kier alpha value is -2.49. The number of hydrogen-bond donors (Lipinski definition) is 2. The molecule has 0 aromatic heterocycles. The van der Waals surface area contributed by atoms with Gasteiger partial charge in [0.25, 0.3) is 0 Å². The minimum atomic E-state index is -0.426. The molecule has 4 heteroatoms. The van der Waals surface area contributed by atoms with Crippen LogP contribution in [-0.4, -0.2) is 13.1 Å². The molecular weight excluding hydrogens is 264 g/mol. The number of nitrogen functional groups attached to an aromatic ring is 1. The molecule has 0 heterocycles. The summed E-state index contributed by atoms with van der Waals surface area (Å²) in [6.07, 6.45) is 3.54. The van der Waals surface area contributed by atoms with Gasteiger partial charge in [-0.2, -0.15) is 0 Å². The molecule has 0 saturated heterocycles. The highest BCUT2D eigenvalue weighted by Crippen LogP contribution is 2.27. The molecule has 3 N–H and O–H groups in total. The van der Waals surface area contributed by atoms with E-state index in [1.807, 2.05) is 6.07 Å². The molecule has 0 aliphatic heterocycles. The van der Waals surface area contributed by atoms with Crippen LogP contribution in [0.3, 0.4) is 0 Å². The van der Waals surface area contributed by atoms with Gasteiger partial charge >= 0.3 is 5.97 Å². The quantitative estimate of drug-likeness (QED) is 0.670. The number of carbonyl (C=O) groups is 1. The van der Waals surface area contributed by atoms with Crippen LogP contribution in [0.1, 0.15) is 27.9 Å². The Morgan fingerprint density at radius 3 is 2.62 bits per heavy atom. The van der Waals surface area contributed by atoms with Crippen LogP contribution in [0.5, 0.6) is 0 Å². The molecule has 0 bridgehead atoms. The van der Waals surface area contributed by atoms with Crippen LogP contribution in [0.4, 0.5) is 17.1 Å². The van der Waals surface area contributed by atoms with E-state index in [0.717, 1.165) is 17.8 Å². The van der Waals surface area contributed by atoms with E-state index < -0.39 is 5.97 Å². The number of esters is 1. The molecule has 1 aliphatic rings. The lowest BCUT2D eigenvalue weighted by atomic mass is 10.1. The maximum Gasteiger partial charge on any atom is 0.340 e. The maximum atomic E-state index is 11.7. The zero-order valence-corrected chi connectivity index (χ0v) is 12.0. The second-order valence-electron chi connectivity index (χ2n) is 5.26. The lowest BCUT2D eigenvalue weighted by molar-refractivity contribution is 0.0602. The summed E-state index contributed by atoms with van der Waals surface area (Å²) in [5.74, 6) is -0.426. The Balaban J connectivity index is 1.86. The predicted octanol–water partition coefficient (Wildman–Crippen LogP) is 3.29. The van der Waals surface area contributed by atoms with Gasteiger partial charge < -0.3 is 15.8 Å². The monoisotopic (exact) mass is 282 g/mol. The minimum absolute atomic E-state index is 0.378. The Labute approximate surface area is 123 Å². The number of rotatable bonds is 3. The SMILES string of the molecule is COC(=O)c1cc(Nc2ccc3c(c2)CCC3)ccc1N. The van der Waals surface area contributed by atoms with Crippen LogP contribution >= 0.6 is 0 Å². The van der Waals surface area contributed by atoms with Crippen molar-refractivity contribution in [3.05, 3.63) is 53.1 Å². The van der Waals surface area contributed by atoms with Crippen LogP contribution in [-0.2, 0) is 17.6 Å². The smallest absolute Gasteiger partial charge is 0.340 e. The van der Waals surface area contributed by atoms with E-state index in [1.54, 1.807) is 12.1 Å². The maximum absolute atomic E-state index is 11.7. The molecule has 0 spiro atoms. The number of carbonyl (C=O) groups excluding carboxylic acids is 1. The van der Waals surface area contributed by atoms with Crippen molar-refractivity contribution in [1.82, 2.24) is 0 Å². The van der Waals surface area contributed by atoms with E-state index in [4.69, 9.17) is 10.5 Å². The van der Waals surface area contributed by atoms with Crippen molar-refractivity contribution < 1.29 is 9.53 Å². The number of hydrogen-bond acceptors (Lipinski definition) is 4. The van der Waals surface area contributed by atoms with Crippen molar-refractivity contribution in [1.29, 1.82) is 0 Å². The largest absolute Gasteiger partial charge is 0.465 e. The van der Waals surface area contributed by atoms with E-state index in [0.29, 0.717) is 11.3 Å². The number of fused-ring (bicyclic) bond motifs is 1. The standard InChI is InChI=1S/C17H18N2O2/c1-21-17(20)15-10-14(7-8-16(15)18)19-13-6-5-11-3-2-4-12(11)9-13/h5-10,19H,2-4,18H2,1H3. The predicted molar refractivity (Wildman–Crippen MR) is 83.9 cm³/mol. The van der Waals surface area contributed by atoms with Crippen molar-refractivity contribution in [3.8, 4) is 0 Å². The average Bonchev–Trinajstić information content (AvgIpc) is 2.96. The second kappa shape index (κ2) is 5.48. The first-order valence-corrected chi connectivity index (χ1v) is 7.04. The lowest BCUT2D eigenvalue weighted by Gasteiger charge is -2.11. The van der Waals surface area contributed by atoms with Crippen LogP contribution in [0.25, 0.3) is 0 Å². The van der Waals surface area contributed by atoms with Crippen LogP contribution < -0.4 is 11.1 Å². The van der Waals surface area contributed by atoms with Gasteiger partial charge in [-0.05, 0) is 60.7 Å². The molecule has 21 heavy (non-hydrogen) atoms. The average molecular weight is 282 g/mol. The van der Waals surface area contributed by atoms with Crippen molar-refractivity contribution in [2.45, 2.75) is 19.3 Å². The summed E-state index contributed by atoms with van der Waals surface area (Å²) in [6.45, 7) is 0. The number of anilines is 3. The third kappa shape index (κ3) is 2.70. The highest BCUT2D eigenvalue weighted by molar-refractivity contribution is 5.96. The van der Waals surface area contributed by atoms with E-state index in [2.05, 4.69) is 23.5 Å². The number of nitrogens with one attached hydrogen (secondary N) is 1. The highest BCUT2D eigenvalue weighted by atomic mass is 16.5. The van der Waals surface area contributed by atoms with Crippen LogP contribution in [0.2, 0.25) is 0 Å². The molecular formula is C17H18N2O2. The van der Waals surface area contributed by atoms with Crippen molar-refractivity contribution in [3.63, 3.8) is 0 Å². The molecule has 0 amide bonds. The highest BCUT2D eigenvalue weighted by Gasteiger charge is 2.13. The Kier molecular flexibility index (Phi) is 3.52. The van der Waals surface area contributed by atoms with E-state index in [1.165, 1.54) is 31.1 Å². The molecule has 3 rings (SSSR count). The first kappa shape index (κ1) is 13.5. The zero-order chi connectivity index (χ0) is 14.8. The molecule has 0 unspecified atom stereocenters. The van der Waals surface area contributed by atoms with Crippen molar-refractivity contribution in [2.75, 3.05) is 18.2 Å². The minimum Gasteiger partial charge on any atom is -0.465 e. The molecule has 108 valence electrons. The summed E-state index contributed by atoms with van der Waals surface area (Å²) in [4.78, 5) is 11.7. The Morgan fingerprint density at radius 1 is 1.10 bits per heavy atom. The van der Waals surface area contributed by atoms with Gasteiger partial charge in [-0.15, -0.1) is 0 Å². The van der Waals surface area contributed by atoms with E-state index >= 15 is 0 Å². The summed E-state index contributed by atoms with van der Waals surface area (Å²) in [5.41, 5.74) is 11.3. The lowest BCUT2D eigenvalue weighted by Crippen LogP contribution is -2.06. The molecule has 0 radical (unpaired) electrons. The molecule has 0 atom stereocenters. The van der Waals surface area contributed by atoms with Crippen LogP contribution in [0, 0.1) is 0 Å². The topological polar surface area (TPSA) is 64.3 Å². The van der Waals surface area contributed by atoms with Gasteiger partial charge in [-0.3, -0.25) is 0 Å². The number of methoxy groups -OCH3 is 1. The molecule has 1 aliphatic carbocycles. The molecule has 0 saturated carbocycles.